The van der Waals surface area contributed by atoms with Crippen LogP contribution in [0.25, 0.3) is 0 Å². The van der Waals surface area contributed by atoms with E-state index in [0.717, 1.165) is 5.56 Å². The summed E-state index contributed by atoms with van der Waals surface area (Å²) in [6.45, 7) is 4.49. The summed E-state index contributed by atoms with van der Waals surface area (Å²) in [6, 6.07) is 4.70. The van der Waals surface area contributed by atoms with Gasteiger partial charge in [0.15, 0.2) is 0 Å². The minimum Gasteiger partial charge on any atom is -0.354 e. The van der Waals surface area contributed by atoms with Crippen LogP contribution < -0.4 is 15.5 Å². The van der Waals surface area contributed by atoms with Crippen LogP contribution in [0.4, 0.5) is 27.9 Å². The van der Waals surface area contributed by atoms with E-state index in [-0.39, 0.29) is 5.82 Å². The summed E-state index contributed by atoms with van der Waals surface area (Å²) in [7, 11) is 3.70. The Morgan fingerprint density at radius 1 is 1.10 bits per heavy atom. The molecule has 6 nitrogen and oxygen atoms in total. The van der Waals surface area contributed by atoms with E-state index < -0.39 is 0 Å². The van der Waals surface area contributed by atoms with Crippen LogP contribution in [0, 0.1) is 12.7 Å². The number of benzene rings is 1. The predicted octanol–water partition coefficient (Wildman–Crippen LogP) is 2.56. The first kappa shape index (κ1) is 15.0. The van der Waals surface area contributed by atoms with Gasteiger partial charge >= 0.3 is 0 Å². The molecule has 0 aliphatic carbocycles. The molecule has 0 saturated carbocycles. The molecule has 2 N–H and O–H groups in total. The van der Waals surface area contributed by atoms with Crippen LogP contribution in [-0.4, -0.2) is 35.6 Å². The Balaban J connectivity index is 2.33. The molecular formula is C14H19FN6. The zero-order chi connectivity index (χ0) is 15.4. The van der Waals surface area contributed by atoms with E-state index in [9.17, 15) is 4.39 Å². The zero-order valence-corrected chi connectivity index (χ0v) is 12.6. The zero-order valence-electron chi connectivity index (χ0n) is 12.6. The van der Waals surface area contributed by atoms with Crippen molar-refractivity contribution in [1.29, 1.82) is 0 Å². The topological polar surface area (TPSA) is 66.0 Å². The number of aromatic nitrogens is 3. The van der Waals surface area contributed by atoms with Crippen molar-refractivity contribution in [2.45, 2.75) is 13.8 Å². The number of aryl methyl sites for hydroxylation is 1. The molecule has 0 aliphatic heterocycles. The molecule has 0 amide bonds. The Kier molecular flexibility index (Phi) is 4.52. The summed E-state index contributed by atoms with van der Waals surface area (Å²) in [4.78, 5) is 14.6. The maximum Gasteiger partial charge on any atom is 0.233 e. The Morgan fingerprint density at radius 2 is 1.81 bits per heavy atom. The monoisotopic (exact) mass is 290 g/mol. The van der Waals surface area contributed by atoms with E-state index >= 15 is 0 Å². The van der Waals surface area contributed by atoms with Crippen molar-refractivity contribution in [2.24, 2.45) is 0 Å². The van der Waals surface area contributed by atoms with E-state index in [1.165, 1.54) is 12.1 Å². The van der Waals surface area contributed by atoms with Gasteiger partial charge in [-0.2, -0.15) is 15.0 Å². The molecule has 0 unspecified atom stereocenters. The maximum absolute atomic E-state index is 13.4. The first-order valence-electron chi connectivity index (χ1n) is 6.69. The van der Waals surface area contributed by atoms with Gasteiger partial charge in [0.2, 0.25) is 17.8 Å². The van der Waals surface area contributed by atoms with Crippen LogP contribution in [0.2, 0.25) is 0 Å². The van der Waals surface area contributed by atoms with Gasteiger partial charge in [0, 0.05) is 26.3 Å². The summed E-state index contributed by atoms with van der Waals surface area (Å²) < 4.78 is 13.4. The lowest BCUT2D eigenvalue weighted by molar-refractivity contribution is 0.627. The highest BCUT2D eigenvalue weighted by molar-refractivity contribution is 5.56. The molecule has 0 aliphatic rings. The number of hydrogen-bond donors (Lipinski definition) is 2. The molecule has 112 valence electrons. The number of anilines is 4. The van der Waals surface area contributed by atoms with Gasteiger partial charge in [-0.1, -0.05) is 0 Å². The van der Waals surface area contributed by atoms with E-state index in [2.05, 4.69) is 25.6 Å². The highest BCUT2D eigenvalue weighted by atomic mass is 19.1. The summed E-state index contributed by atoms with van der Waals surface area (Å²) in [5.41, 5.74) is 1.43. The number of nitrogens with one attached hydrogen (secondary N) is 2. The van der Waals surface area contributed by atoms with Gasteiger partial charge in [-0.25, -0.2) is 4.39 Å². The number of halogens is 1. The van der Waals surface area contributed by atoms with E-state index in [1.807, 2.05) is 34.0 Å². The maximum atomic E-state index is 13.4. The van der Waals surface area contributed by atoms with Crippen LogP contribution in [0.15, 0.2) is 18.2 Å². The Morgan fingerprint density at radius 3 is 2.43 bits per heavy atom. The van der Waals surface area contributed by atoms with Gasteiger partial charge in [-0.05, 0) is 37.6 Å². The second kappa shape index (κ2) is 6.34. The average Bonchev–Trinajstić information content (AvgIpc) is 2.37. The summed E-state index contributed by atoms with van der Waals surface area (Å²) in [5.74, 6) is 1.07. The summed E-state index contributed by atoms with van der Waals surface area (Å²) in [6.07, 6.45) is 0. The van der Waals surface area contributed by atoms with E-state index in [0.29, 0.717) is 30.1 Å². The van der Waals surface area contributed by atoms with Crippen LogP contribution >= 0.6 is 0 Å². The van der Waals surface area contributed by atoms with Crippen LogP contribution in [0.1, 0.15) is 12.5 Å². The molecular weight excluding hydrogens is 271 g/mol. The van der Waals surface area contributed by atoms with Gasteiger partial charge in [0.25, 0.3) is 0 Å². The van der Waals surface area contributed by atoms with Crippen molar-refractivity contribution in [3.63, 3.8) is 0 Å². The lowest BCUT2D eigenvalue weighted by atomic mass is 10.2. The van der Waals surface area contributed by atoms with Gasteiger partial charge < -0.3 is 15.5 Å². The molecule has 0 radical (unpaired) electrons. The van der Waals surface area contributed by atoms with Crippen molar-refractivity contribution in [2.75, 3.05) is 36.2 Å². The van der Waals surface area contributed by atoms with Gasteiger partial charge in [0.05, 0.1) is 0 Å². The first-order chi connectivity index (χ1) is 9.97. The fraction of sp³-hybridized carbons (Fsp3) is 0.357. The Labute approximate surface area is 123 Å². The van der Waals surface area contributed by atoms with Gasteiger partial charge in [-0.3, -0.25) is 0 Å². The minimum atomic E-state index is -0.300. The normalized spacial score (nSPS) is 10.3. The van der Waals surface area contributed by atoms with E-state index in [4.69, 9.17) is 0 Å². The number of nitrogens with zero attached hydrogens (tertiary/aromatic N) is 4. The molecule has 0 spiro atoms. The van der Waals surface area contributed by atoms with Crippen LogP contribution in [-0.2, 0) is 0 Å². The molecule has 21 heavy (non-hydrogen) atoms. The largest absolute Gasteiger partial charge is 0.354 e. The third kappa shape index (κ3) is 4.01. The lowest BCUT2D eigenvalue weighted by Gasteiger charge is -2.14. The standard InChI is InChI=1S/C14H19FN6/c1-5-16-12-18-13(20-14(19-12)21(3)4)17-11-7-9(2)6-10(15)8-11/h6-8H,5H2,1-4H3,(H2,16,17,18,19,20). The van der Waals surface area contributed by atoms with Crippen molar-refractivity contribution in [1.82, 2.24) is 15.0 Å². The van der Waals surface area contributed by atoms with Crippen molar-refractivity contribution in [3.8, 4) is 0 Å². The Bertz CT molecular complexity index is 609. The second-order valence-corrected chi connectivity index (χ2v) is 4.85. The first-order valence-corrected chi connectivity index (χ1v) is 6.69. The molecule has 7 heteroatoms. The molecule has 2 rings (SSSR count). The van der Waals surface area contributed by atoms with Crippen molar-refractivity contribution >= 4 is 23.5 Å². The fourth-order valence-electron chi connectivity index (χ4n) is 1.80. The molecule has 1 heterocycles. The second-order valence-electron chi connectivity index (χ2n) is 4.85. The molecule has 0 bridgehead atoms. The summed E-state index contributed by atoms with van der Waals surface area (Å²) >= 11 is 0. The quantitative estimate of drug-likeness (QED) is 0.882. The van der Waals surface area contributed by atoms with Crippen LogP contribution in [0.5, 0.6) is 0 Å². The fourth-order valence-corrected chi connectivity index (χ4v) is 1.80. The van der Waals surface area contributed by atoms with Crippen LogP contribution in [0.3, 0.4) is 0 Å². The number of hydrogen-bond acceptors (Lipinski definition) is 6. The van der Waals surface area contributed by atoms with Gasteiger partial charge in [-0.15, -0.1) is 0 Å². The molecule has 0 saturated heterocycles. The molecule has 1 aromatic heterocycles. The molecule has 1 aromatic carbocycles. The minimum absolute atomic E-state index is 0.300. The molecule has 0 fully saturated rings. The molecule has 2 aromatic rings. The highest BCUT2D eigenvalue weighted by Crippen LogP contribution is 2.19. The third-order valence-electron chi connectivity index (χ3n) is 2.66. The Hall–Kier alpha value is -2.44. The number of rotatable bonds is 5. The summed E-state index contributed by atoms with van der Waals surface area (Å²) in [5, 5.41) is 6.06. The van der Waals surface area contributed by atoms with Gasteiger partial charge in [0.1, 0.15) is 5.82 Å². The molecule has 0 atom stereocenters. The lowest BCUT2D eigenvalue weighted by Crippen LogP contribution is -2.16. The van der Waals surface area contributed by atoms with Crippen molar-refractivity contribution < 1.29 is 4.39 Å². The average molecular weight is 290 g/mol. The van der Waals surface area contributed by atoms with Crippen molar-refractivity contribution in [3.05, 3.63) is 29.6 Å². The highest BCUT2D eigenvalue weighted by Gasteiger charge is 2.08. The van der Waals surface area contributed by atoms with E-state index in [1.54, 1.807) is 4.90 Å². The predicted molar refractivity (Wildman–Crippen MR) is 82.7 cm³/mol. The SMILES string of the molecule is CCNc1nc(Nc2cc(C)cc(F)c2)nc(N(C)C)n1. The third-order valence-corrected chi connectivity index (χ3v) is 2.66. The smallest absolute Gasteiger partial charge is 0.233 e.